The normalized spacial score (nSPS) is 21.0. The number of hydrogen-bond donors (Lipinski definition) is 0. The van der Waals surface area contributed by atoms with Crippen LogP contribution in [0, 0.1) is 12.9 Å². The molecule has 200 valence electrons. The highest BCUT2D eigenvalue weighted by molar-refractivity contribution is 7.15. The molecular weight excluding hydrogens is 513 g/mol. The largest absolute Gasteiger partial charge is 0.456 e. The van der Waals surface area contributed by atoms with Gasteiger partial charge in [0.2, 0.25) is 5.95 Å². The molecule has 4 rings (SSSR count). The fourth-order valence-corrected chi connectivity index (χ4v) is 5.44. The van der Waals surface area contributed by atoms with Gasteiger partial charge in [0.15, 0.2) is 18.3 Å². The van der Waals surface area contributed by atoms with E-state index in [4.69, 9.17) is 18.9 Å². The topological polar surface area (TPSA) is 101 Å². The molecule has 38 heavy (non-hydrogen) atoms. The van der Waals surface area contributed by atoms with Crippen LogP contribution in [0.4, 0.5) is 4.39 Å². The molecular formula is C28H28FNO7S. The molecule has 0 N–H and O–H groups in total. The summed E-state index contributed by atoms with van der Waals surface area (Å²) in [4.78, 5) is 41.3. The first-order valence-corrected chi connectivity index (χ1v) is 12.9. The number of nitrogens with zero attached hydrogens (tertiary/aromatic N) is 1. The average molecular weight is 542 g/mol. The van der Waals surface area contributed by atoms with Crippen LogP contribution < -0.4 is 0 Å². The lowest BCUT2D eigenvalue weighted by molar-refractivity contribution is -0.227. The fraction of sp³-hybridized carbons (Fsp3) is 0.357. The van der Waals surface area contributed by atoms with Crippen molar-refractivity contribution in [1.29, 1.82) is 0 Å². The average Bonchev–Trinajstić information content (AvgIpc) is 3.31. The van der Waals surface area contributed by atoms with Gasteiger partial charge in [-0.2, -0.15) is 4.39 Å². The summed E-state index contributed by atoms with van der Waals surface area (Å²) >= 11 is 1.59. The Balaban J connectivity index is 1.61. The van der Waals surface area contributed by atoms with E-state index in [-0.39, 0.29) is 6.61 Å². The molecule has 2 aromatic heterocycles. The van der Waals surface area contributed by atoms with Gasteiger partial charge in [-0.1, -0.05) is 18.2 Å². The lowest BCUT2D eigenvalue weighted by Gasteiger charge is -2.40. The smallest absolute Gasteiger partial charge is 0.303 e. The maximum absolute atomic E-state index is 13.2. The van der Waals surface area contributed by atoms with Gasteiger partial charge < -0.3 is 18.9 Å². The molecule has 1 aromatic carbocycles. The van der Waals surface area contributed by atoms with Crippen molar-refractivity contribution in [3.05, 3.63) is 76.2 Å². The molecule has 8 nitrogen and oxygen atoms in total. The lowest BCUT2D eigenvalue weighted by Crippen LogP contribution is -2.54. The number of aryl methyl sites for hydroxylation is 1. The molecule has 10 heteroatoms. The molecule has 0 radical (unpaired) electrons. The van der Waals surface area contributed by atoms with Gasteiger partial charge in [0, 0.05) is 48.7 Å². The number of pyridine rings is 1. The molecule has 0 spiro atoms. The van der Waals surface area contributed by atoms with Gasteiger partial charge in [-0.25, -0.2) is 4.98 Å². The first-order chi connectivity index (χ1) is 18.1. The van der Waals surface area contributed by atoms with E-state index in [2.05, 4.69) is 4.98 Å². The van der Waals surface area contributed by atoms with E-state index in [1.54, 1.807) is 17.4 Å². The minimum absolute atomic E-state index is 0.0385. The lowest BCUT2D eigenvalue weighted by atomic mass is 9.91. The Morgan fingerprint density at radius 2 is 1.68 bits per heavy atom. The minimum atomic E-state index is -1.03. The number of halogens is 1. The summed E-state index contributed by atoms with van der Waals surface area (Å²) < 4.78 is 35.6. The molecule has 4 atom stereocenters. The number of carbonyl (C=O) groups is 3. The summed E-state index contributed by atoms with van der Waals surface area (Å²) in [6, 6.07) is 12.8. The van der Waals surface area contributed by atoms with Gasteiger partial charge in [0.05, 0.1) is 6.61 Å². The van der Waals surface area contributed by atoms with Crippen LogP contribution in [-0.2, 0) is 39.8 Å². The van der Waals surface area contributed by atoms with Gasteiger partial charge >= 0.3 is 17.9 Å². The van der Waals surface area contributed by atoms with Crippen LogP contribution in [0.1, 0.15) is 48.4 Å². The van der Waals surface area contributed by atoms with Crippen molar-refractivity contribution in [1.82, 2.24) is 4.98 Å². The second-order valence-corrected chi connectivity index (χ2v) is 10.2. The molecule has 0 amide bonds. The molecule has 1 aliphatic heterocycles. The summed E-state index contributed by atoms with van der Waals surface area (Å²) in [5.41, 5.74) is 3.66. The first kappa shape index (κ1) is 27.4. The fourth-order valence-electron chi connectivity index (χ4n) is 4.42. The van der Waals surface area contributed by atoms with Crippen LogP contribution in [0.3, 0.4) is 0 Å². The SMILES string of the molecule is CC(=O)O[C@H]1[C@H](OC(C)=O)COC(c2ccc(C)c(Cc3ccc(-c4ccc(F)nc4)s3)c2)[C@@H]1OC(C)=O. The number of rotatable bonds is 7. The minimum Gasteiger partial charge on any atom is -0.456 e. The van der Waals surface area contributed by atoms with Gasteiger partial charge in [0.1, 0.15) is 6.10 Å². The Hall–Kier alpha value is -3.63. The highest BCUT2D eigenvalue weighted by Crippen LogP contribution is 2.36. The molecule has 0 aliphatic carbocycles. The highest BCUT2D eigenvalue weighted by atomic mass is 32.1. The zero-order valence-electron chi connectivity index (χ0n) is 21.4. The predicted octanol–water partition coefficient (Wildman–Crippen LogP) is 4.71. The molecule has 1 fully saturated rings. The number of thiophene rings is 1. The van der Waals surface area contributed by atoms with Crippen LogP contribution in [0.5, 0.6) is 0 Å². The van der Waals surface area contributed by atoms with Crippen molar-refractivity contribution >= 4 is 29.2 Å². The number of esters is 3. The number of carbonyl (C=O) groups excluding carboxylic acids is 3. The van der Waals surface area contributed by atoms with Gasteiger partial charge in [-0.05, 0) is 47.9 Å². The third-order valence-electron chi connectivity index (χ3n) is 6.09. The molecule has 1 aliphatic rings. The second-order valence-electron chi connectivity index (χ2n) is 9.05. The van der Waals surface area contributed by atoms with Crippen molar-refractivity contribution in [2.45, 2.75) is 58.5 Å². The van der Waals surface area contributed by atoms with Crippen molar-refractivity contribution in [3.63, 3.8) is 0 Å². The van der Waals surface area contributed by atoms with Crippen LogP contribution in [0.15, 0.2) is 48.7 Å². The van der Waals surface area contributed by atoms with Gasteiger partial charge in [0.25, 0.3) is 0 Å². The molecule has 3 aromatic rings. The summed E-state index contributed by atoms with van der Waals surface area (Å²) in [5, 5.41) is 0. The van der Waals surface area contributed by atoms with E-state index in [0.29, 0.717) is 6.42 Å². The molecule has 1 unspecified atom stereocenters. The predicted molar refractivity (Wildman–Crippen MR) is 137 cm³/mol. The van der Waals surface area contributed by atoms with E-state index >= 15 is 0 Å². The van der Waals surface area contributed by atoms with Crippen molar-refractivity contribution in [2.24, 2.45) is 0 Å². The van der Waals surface area contributed by atoms with Crippen molar-refractivity contribution < 1.29 is 37.7 Å². The van der Waals surface area contributed by atoms with E-state index in [1.807, 2.05) is 37.3 Å². The zero-order chi connectivity index (χ0) is 27.4. The third-order valence-corrected chi connectivity index (χ3v) is 7.22. The maximum atomic E-state index is 13.2. The molecule has 1 saturated heterocycles. The highest BCUT2D eigenvalue weighted by Gasteiger charge is 2.47. The Morgan fingerprint density at radius 3 is 2.34 bits per heavy atom. The van der Waals surface area contributed by atoms with Crippen LogP contribution in [-0.4, -0.2) is 47.8 Å². The van der Waals surface area contributed by atoms with Crippen LogP contribution >= 0.6 is 11.3 Å². The quantitative estimate of drug-likeness (QED) is 0.241. The molecule has 0 bridgehead atoms. The van der Waals surface area contributed by atoms with Gasteiger partial charge in [-0.3, -0.25) is 14.4 Å². The zero-order valence-corrected chi connectivity index (χ0v) is 22.3. The van der Waals surface area contributed by atoms with E-state index in [1.165, 1.54) is 33.0 Å². The Kier molecular flexibility index (Phi) is 8.53. The standard InChI is InChI=1S/C28H28FNO7S/c1-15-5-6-19(11-21(15)12-22-8-9-24(38-22)20-7-10-25(29)30-13-20)26-28(37-18(4)33)27(36-17(3)32)23(14-34-26)35-16(2)31/h5-11,13,23,26-28H,12,14H2,1-4H3/t23-,26?,27+,28+/m1/s1. The summed E-state index contributed by atoms with van der Waals surface area (Å²) in [6.45, 7) is 5.70. The van der Waals surface area contributed by atoms with Gasteiger partial charge in [-0.15, -0.1) is 11.3 Å². The summed E-state index contributed by atoms with van der Waals surface area (Å²) in [5.74, 6) is -2.28. The maximum Gasteiger partial charge on any atom is 0.303 e. The van der Waals surface area contributed by atoms with E-state index in [9.17, 15) is 18.8 Å². The Morgan fingerprint density at radius 1 is 0.974 bits per heavy atom. The van der Waals surface area contributed by atoms with E-state index < -0.39 is 48.3 Å². The van der Waals surface area contributed by atoms with Crippen LogP contribution in [0.2, 0.25) is 0 Å². The van der Waals surface area contributed by atoms with E-state index in [0.717, 1.165) is 32.0 Å². The summed E-state index contributed by atoms with van der Waals surface area (Å²) in [6.07, 6.45) is -1.59. The van der Waals surface area contributed by atoms with Crippen molar-refractivity contribution in [3.8, 4) is 10.4 Å². The number of ether oxygens (including phenoxy) is 4. The number of benzene rings is 1. The second kappa shape index (κ2) is 11.8. The third kappa shape index (κ3) is 6.62. The number of aromatic nitrogens is 1. The van der Waals surface area contributed by atoms with Crippen LogP contribution in [0.25, 0.3) is 10.4 Å². The molecule has 3 heterocycles. The Labute approximate surface area is 223 Å². The summed E-state index contributed by atoms with van der Waals surface area (Å²) in [7, 11) is 0. The molecule has 0 saturated carbocycles. The first-order valence-electron chi connectivity index (χ1n) is 12.0. The number of hydrogen-bond acceptors (Lipinski definition) is 9. The van der Waals surface area contributed by atoms with Crippen molar-refractivity contribution in [2.75, 3.05) is 6.61 Å². The monoisotopic (exact) mass is 541 g/mol. The Bertz CT molecular complexity index is 1320.